The number of hydrogen-bond donors (Lipinski definition) is 0. The normalized spacial score (nSPS) is 10.4. The van der Waals surface area contributed by atoms with E-state index in [0.717, 1.165) is 16.7 Å². The average molecular weight is 306 g/mol. The van der Waals surface area contributed by atoms with Crippen molar-refractivity contribution in [2.45, 2.75) is 13.8 Å². The van der Waals surface area contributed by atoms with Crippen molar-refractivity contribution in [2.75, 3.05) is 0 Å². The van der Waals surface area contributed by atoms with E-state index >= 15 is 0 Å². The molecule has 92 valence electrons. The summed E-state index contributed by atoms with van der Waals surface area (Å²) in [4.78, 5) is 10.8. The van der Waals surface area contributed by atoms with Crippen LogP contribution in [0, 0.1) is 24.0 Å². The van der Waals surface area contributed by atoms with Crippen molar-refractivity contribution in [3.8, 4) is 11.1 Å². The summed E-state index contributed by atoms with van der Waals surface area (Å²) >= 11 is 3.26. The van der Waals surface area contributed by atoms with Crippen LogP contribution in [0.2, 0.25) is 0 Å². The van der Waals surface area contributed by atoms with E-state index in [9.17, 15) is 10.1 Å². The largest absolute Gasteiger partial charge is 0.278 e. The molecule has 0 radical (unpaired) electrons. The van der Waals surface area contributed by atoms with E-state index in [4.69, 9.17) is 0 Å². The summed E-state index contributed by atoms with van der Waals surface area (Å²) in [6.45, 7) is 3.97. The Bertz CT molecular complexity index is 603. The molecule has 0 aliphatic rings. The predicted octanol–water partition coefficient (Wildman–Crippen LogP) is 4.64. The molecule has 0 aliphatic carbocycles. The number of rotatable bonds is 2. The molecule has 2 rings (SSSR count). The van der Waals surface area contributed by atoms with E-state index < -0.39 is 0 Å². The number of nitro groups is 1. The van der Waals surface area contributed by atoms with Gasteiger partial charge in [0.25, 0.3) is 5.69 Å². The zero-order chi connectivity index (χ0) is 13.3. The maximum absolute atomic E-state index is 11.1. The molecule has 0 spiro atoms. The Balaban J connectivity index is 2.66. The van der Waals surface area contributed by atoms with Gasteiger partial charge in [-0.1, -0.05) is 45.3 Å². The lowest BCUT2D eigenvalue weighted by Gasteiger charge is -2.06. The van der Waals surface area contributed by atoms with Gasteiger partial charge >= 0.3 is 0 Å². The van der Waals surface area contributed by atoms with Crippen molar-refractivity contribution < 1.29 is 4.92 Å². The molecular formula is C14H12BrNO2. The first kappa shape index (κ1) is 12.8. The predicted molar refractivity (Wildman–Crippen MR) is 75.7 cm³/mol. The SMILES string of the molecule is Cc1cc(C)cc(-c2ccc(Br)cc2[N+](=O)[O-])c1. The molecule has 0 unspecified atom stereocenters. The highest BCUT2D eigenvalue weighted by Gasteiger charge is 2.15. The van der Waals surface area contributed by atoms with Crippen LogP contribution in [-0.2, 0) is 0 Å². The van der Waals surface area contributed by atoms with E-state index in [-0.39, 0.29) is 10.6 Å². The van der Waals surface area contributed by atoms with Gasteiger partial charge in [0.05, 0.1) is 10.5 Å². The standard InChI is InChI=1S/C14H12BrNO2/c1-9-5-10(2)7-11(6-9)13-4-3-12(15)8-14(13)16(17)18/h3-8H,1-2H3. The van der Waals surface area contributed by atoms with E-state index in [0.29, 0.717) is 10.0 Å². The van der Waals surface area contributed by atoms with Gasteiger partial charge in [-0.3, -0.25) is 10.1 Å². The topological polar surface area (TPSA) is 43.1 Å². The van der Waals surface area contributed by atoms with Gasteiger partial charge in [0.15, 0.2) is 0 Å². The monoisotopic (exact) mass is 305 g/mol. The second kappa shape index (κ2) is 4.90. The first-order chi connectivity index (χ1) is 8.47. The Morgan fingerprint density at radius 3 is 2.22 bits per heavy atom. The number of nitrogens with zero attached hydrogens (tertiary/aromatic N) is 1. The van der Waals surface area contributed by atoms with Gasteiger partial charge in [0.1, 0.15) is 0 Å². The zero-order valence-corrected chi connectivity index (χ0v) is 11.7. The summed E-state index contributed by atoms with van der Waals surface area (Å²) in [6.07, 6.45) is 0. The smallest absolute Gasteiger partial charge is 0.258 e. The van der Waals surface area contributed by atoms with Crippen molar-refractivity contribution in [1.82, 2.24) is 0 Å². The molecule has 0 N–H and O–H groups in total. The lowest BCUT2D eigenvalue weighted by atomic mass is 9.99. The highest BCUT2D eigenvalue weighted by molar-refractivity contribution is 9.10. The molecule has 2 aromatic carbocycles. The van der Waals surface area contributed by atoms with E-state index in [2.05, 4.69) is 15.9 Å². The third kappa shape index (κ3) is 2.59. The fourth-order valence-electron chi connectivity index (χ4n) is 2.03. The number of hydrogen-bond acceptors (Lipinski definition) is 2. The third-order valence-corrected chi connectivity index (χ3v) is 3.18. The average Bonchev–Trinajstić information content (AvgIpc) is 2.27. The highest BCUT2D eigenvalue weighted by atomic mass is 79.9. The van der Waals surface area contributed by atoms with Crippen molar-refractivity contribution in [1.29, 1.82) is 0 Å². The summed E-state index contributed by atoms with van der Waals surface area (Å²) in [5, 5.41) is 11.1. The van der Waals surface area contributed by atoms with Crippen LogP contribution in [0.25, 0.3) is 11.1 Å². The fourth-order valence-corrected chi connectivity index (χ4v) is 2.38. The quantitative estimate of drug-likeness (QED) is 0.599. The molecule has 0 aliphatic heterocycles. The Morgan fingerprint density at radius 1 is 1.06 bits per heavy atom. The molecule has 0 saturated heterocycles. The van der Waals surface area contributed by atoms with Gasteiger partial charge in [-0.15, -0.1) is 0 Å². The van der Waals surface area contributed by atoms with Crippen LogP contribution in [-0.4, -0.2) is 4.92 Å². The van der Waals surface area contributed by atoms with Gasteiger partial charge in [-0.2, -0.15) is 0 Å². The second-order valence-electron chi connectivity index (χ2n) is 4.29. The van der Waals surface area contributed by atoms with E-state index in [1.54, 1.807) is 6.07 Å². The number of aryl methyl sites for hydroxylation is 2. The van der Waals surface area contributed by atoms with Crippen molar-refractivity contribution in [3.63, 3.8) is 0 Å². The first-order valence-electron chi connectivity index (χ1n) is 5.50. The minimum Gasteiger partial charge on any atom is -0.258 e. The molecule has 0 bridgehead atoms. The lowest BCUT2D eigenvalue weighted by Crippen LogP contribution is -1.93. The molecule has 0 fully saturated rings. The van der Waals surface area contributed by atoms with Crippen LogP contribution in [0.5, 0.6) is 0 Å². The van der Waals surface area contributed by atoms with Crippen LogP contribution in [0.4, 0.5) is 5.69 Å². The maximum Gasteiger partial charge on any atom is 0.278 e. The summed E-state index contributed by atoms with van der Waals surface area (Å²) < 4.78 is 0.710. The van der Waals surface area contributed by atoms with E-state index in [1.165, 1.54) is 6.07 Å². The van der Waals surface area contributed by atoms with Crippen LogP contribution in [0.15, 0.2) is 40.9 Å². The Labute approximate surface area is 114 Å². The van der Waals surface area contributed by atoms with Gasteiger partial charge in [0, 0.05) is 10.5 Å². The Kier molecular flexibility index (Phi) is 3.48. The Hall–Kier alpha value is -1.68. The molecule has 0 heterocycles. The maximum atomic E-state index is 11.1. The first-order valence-corrected chi connectivity index (χ1v) is 6.29. The molecule has 0 amide bonds. The molecule has 0 aromatic heterocycles. The molecule has 0 atom stereocenters. The third-order valence-electron chi connectivity index (χ3n) is 2.69. The van der Waals surface area contributed by atoms with Gasteiger partial charge in [0.2, 0.25) is 0 Å². The molecule has 4 heteroatoms. The zero-order valence-electron chi connectivity index (χ0n) is 10.1. The van der Waals surface area contributed by atoms with Crippen molar-refractivity contribution in [3.05, 3.63) is 62.1 Å². The molecule has 3 nitrogen and oxygen atoms in total. The summed E-state index contributed by atoms with van der Waals surface area (Å²) in [5.74, 6) is 0. The Morgan fingerprint density at radius 2 is 1.67 bits per heavy atom. The van der Waals surface area contributed by atoms with Gasteiger partial charge < -0.3 is 0 Å². The van der Waals surface area contributed by atoms with Gasteiger partial charge in [-0.25, -0.2) is 0 Å². The molecular weight excluding hydrogens is 294 g/mol. The van der Waals surface area contributed by atoms with Crippen LogP contribution in [0.3, 0.4) is 0 Å². The van der Waals surface area contributed by atoms with Crippen LogP contribution in [0.1, 0.15) is 11.1 Å². The second-order valence-corrected chi connectivity index (χ2v) is 5.21. The number of halogens is 1. The highest BCUT2D eigenvalue weighted by Crippen LogP contribution is 2.33. The summed E-state index contributed by atoms with van der Waals surface area (Å²) in [7, 11) is 0. The minimum absolute atomic E-state index is 0.120. The number of nitro benzene ring substituents is 1. The molecule has 18 heavy (non-hydrogen) atoms. The fraction of sp³-hybridized carbons (Fsp3) is 0.143. The van der Waals surface area contributed by atoms with Crippen molar-refractivity contribution in [2.24, 2.45) is 0 Å². The molecule has 2 aromatic rings. The van der Waals surface area contributed by atoms with Crippen molar-refractivity contribution >= 4 is 21.6 Å². The van der Waals surface area contributed by atoms with E-state index in [1.807, 2.05) is 38.1 Å². The minimum atomic E-state index is -0.349. The number of benzene rings is 2. The summed E-state index contributed by atoms with van der Waals surface area (Å²) in [6, 6.07) is 11.1. The van der Waals surface area contributed by atoms with Gasteiger partial charge in [-0.05, 0) is 31.5 Å². The summed E-state index contributed by atoms with van der Waals surface area (Å²) in [5.41, 5.74) is 3.85. The van der Waals surface area contributed by atoms with Crippen LogP contribution >= 0.6 is 15.9 Å². The lowest BCUT2D eigenvalue weighted by molar-refractivity contribution is -0.384. The molecule has 0 saturated carbocycles. The van der Waals surface area contributed by atoms with Crippen LogP contribution < -0.4 is 0 Å².